The molecule has 2 N–H and O–H groups in total. The van der Waals surface area contributed by atoms with E-state index in [-0.39, 0.29) is 11.4 Å². The molecule has 0 unspecified atom stereocenters. The van der Waals surface area contributed by atoms with Crippen LogP contribution in [0.2, 0.25) is 0 Å². The topological polar surface area (TPSA) is 69.6 Å². The van der Waals surface area contributed by atoms with E-state index < -0.39 is 10.2 Å². The first-order valence-electron chi connectivity index (χ1n) is 6.15. The second-order valence-electron chi connectivity index (χ2n) is 4.85. The van der Waals surface area contributed by atoms with E-state index in [9.17, 15) is 13.5 Å². The van der Waals surface area contributed by atoms with E-state index in [1.807, 2.05) is 0 Å². The summed E-state index contributed by atoms with van der Waals surface area (Å²) >= 11 is 3.25. The summed E-state index contributed by atoms with van der Waals surface area (Å²) in [6.45, 7) is 3.16. The highest BCUT2D eigenvalue weighted by atomic mass is 79.9. The van der Waals surface area contributed by atoms with Crippen molar-refractivity contribution in [2.45, 2.75) is 19.8 Å². The highest BCUT2D eigenvalue weighted by molar-refractivity contribution is 9.10. The second-order valence-corrected chi connectivity index (χ2v) is 7.44. The summed E-state index contributed by atoms with van der Waals surface area (Å²) in [4.78, 5) is 0. The van der Waals surface area contributed by atoms with Gasteiger partial charge in [0.2, 0.25) is 0 Å². The van der Waals surface area contributed by atoms with Gasteiger partial charge in [0, 0.05) is 17.6 Å². The van der Waals surface area contributed by atoms with E-state index >= 15 is 0 Å². The number of phenolic OH excluding ortho intramolecular Hbond substituents is 1. The average molecular weight is 349 g/mol. The van der Waals surface area contributed by atoms with Crippen LogP contribution in [-0.2, 0) is 10.2 Å². The normalized spacial score (nSPS) is 18.4. The number of nitrogens with zero attached hydrogens (tertiary/aromatic N) is 1. The Balaban J connectivity index is 2.15. The number of phenols is 1. The Hall–Kier alpha value is -0.790. The first-order valence-corrected chi connectivity index (χ1v) is 8.38. The van der Waals surface area contributed by atoms with Crippen molar-refractivity contribution in [1.82, 2.24) is 4.31 Å². The highest BCUT2D eigenvalue weighted by Gasteiger charge is 2.26. The number of aromatic hydroxyl groups is 1. The predicted molar refractivity (Wildman–Crippen MR) is 78.3 cm³/mol. The maximum Gasteiger partial charge on any atom is 0.301 e. The molecule has 0 aromatic heterocycles. The van der Waals surface area contributed by atoms with Gasteiger partial charge >= 0.3 is 10.2 Å². The van der Waals surface area contributed by atoms with E-state index in [0.29, 0.717) is 23.5 Å². The summed E-state index contributed by atoms with van der Waals surface area (Å²) in [5, 5.41) is 9.67. The number of anilines is 1. The van der Waals surface area contributed by atoms with Crippen LogP contribution >= 0.6 is 15.9 Å². The molecular weight excluding hydrogens is 332 g/mol. The Kier molecular flexibility index (Phi) is 4.37. The minimum atomic E-state index is -3.60. The minimum absolute atomic E-state index is 0.0860. The van der Waals surface area contributed by atoms with Crippen molar-refractivity contribution < 1.29 is 13.5 Å². The standard InChI is InChI=1S/C12H17BrN2O3S/c1-9-4-6-15(7-5-9)19(17,18)14-11-8-10(13)2-3-12(11)16/h2-3,8-9,14,16H,4-7H2,1H3. The van der Waals surface area contributed by atoms with Crippen molar-refractivity contribution in [2.24, 2.45) is 5.92 Å². The second kappa shape index (κ2) is 5.68. The predicted octanol–water partition coefficient (Wildman–Crippen LogP) is 2.54. The molecule has 1 saturated heterocycles. The van der Waals surface area contributed by atoms with E-state index in [0.717, 1.165) is 12.8 Å². The molecule has 0 radical (unpaired) electrons. The lowest BCUT2D eigenvalue weighted by molar-refractivity contribution is 0.289. The van der Waals surface area contributed by atoms with Gasteiger partial charge in [0.05, 0.1) is 5.69 Å². The van der Waals surface area contributed by atoms with Crippen molar-refractivity contribution in [2.75, 3.05) is 17.8 Å². The van der Waals surface area contributed by atoms with E-state index in [1.165, 1.54) is 10.4 Å². The number of benzene rings is 1. The van der Waals surface area contributed by atoms with Gasteiger partial charge in [-0.2, -0.15) is 12.7 Å². The van der Waals surface area contributed by atoms with E-state index in [4.69, 9.17) is 0 Å². The molecule has 0 spiro atoms. The van der Waals surface area contributed by atoms with E-state index in [1.54, 1.807) is 12.1 Å². The number of nitrogens with one attached hydrogen (secondary N) is 1. The average Bonchev–Trinajstić information content (AvgIpc) is 2.34. The molecule has 0 bridgehead atoms. The van der Waals surface area contributed by atoms with Crippen molar-refractivity contribution in [1.29, 1.82) is 0 Å². The number of rotatable bonds is 3. The summed E-state index contributed by atoms with van der Waals surface area (Å²) in [5.41, 5.74) is 0.188. The molecule has 1 aromatic rings. The van der Waals surface area contributed by atoms with Crippen LogP contribution in [0.4, 0.5) is 5.69 Å². The van der Waals surface area contributed by atoms with Gasteiger partial charge in [-0.1, -0.05) is 22.9 Å². The van der Waals surface area contributed by atoms with Crippen LogP contribution in [0.3, 0.4) is 0 Å². The lowest BCUT2D eigenvalue weighted by Crippen LogP contribution is -2.41. The van der Waals surface area contributed by atoms with Crippen molar-refractivity contribution in [3.8, 4) is 5.75 Å². The lowest BCUT2D eigenvalue weighted by Gasteiger charge is -2.29. The molecule has 1 aromatic carbocycles. The lowest BCUT2D eigenvalue weighted by atomic mass is 10.0. The van der Waals surface area contributed by atoms with Crippen LogP contribution in [0.15, 0.2) is 22.7 Å². The molecule has 7 heteroatoms. The molecular formula is C12H17BrN2O3S. The fourth-order valence-electron chi connectivity index (χ4n) is 2.02. The third kappa shape index (κ3) is 3.61. The van der Waals surface area contributed by atoms with Crippen LogP contribution in [0.25, 0.3) is 0 Å². The summed E-state index contributed by atoms with van der Waals surface area (Å²) in [5.74, 6) is 0.475. The Morgan fingerprint density at radius 3 is 2.63 bits per heavy atom. The molecule has 1 aliphatic rings. The molecule has 0 atom stereocenters. The third-order valence-corrected chi connectivity index (χ3v) is 5.30. The first kappa shape index (κ1) is 14.6. The van der Waals surface area contributed by atoms with Gasteiger partial charge in [-0.25, -0.2) is 0 Å². The van der Waals surface area contributed by atoms with Gasteiger partial charge in [0.15, 0.2) is 0 Å². The van der Waals surface area contributed by atoms with Gasteiger partial charge < -0.3 is 5.11 Å². The third-order valence-electron chi connectivity index (χ3n) is 3.28. The monoisotopic (exact) mass is 348 g/mol. The molecule has 106 valence electrons. The Bertz CT molecular complexity index is 554. The first-order chi connectivity index (χ1) is 8.88. The maximum absolute atomic E-state index is 12.2. The quantitative estimate of drug-likeness (QED) is 0.824. The van der Waals surface area contributed by atoms with E-state index in [2.05, 4.69) is 27.6 Å². The largest absolute Gasteiger partial charge is 0.506 e. The Morgan fingerprint density at radius 1 is 1.37 bits per heavy atom. The van der Waals surface area contributed by atoms with Crippen LogP contribution < -0.4 is 4.72 Å². The molecule has 5 nitrogen and oxygen atoms in total. The molecule has 1 aliphatic heterocycles. The van der Waals surface area contributed by atoms with Crippen molar-refractivity contribution >= 4 is 31.8 Å². The minimum Gasteiger partial charge on any atom is -0.506 e. The van der Waals surface area contributed by atoms with Crippen molar-refractivity contribution in [3.05, 3.63) is 22.7 Å². The fourth-order valence-corrected chi connectivity index (χ4v) is 3.64. The SMILES string of the molecule is CC1CCN(S(=O)(=O)Nc2cc(Br)ccc2O)CC1. The summed E-state index contributed by atoms with van der Waals surface area (Å²) in [7, 11) is -3.60. The fraction of sp³-hybridized carbons (Fsp3) is 0.500. The molecule has 0 amide bonds. The van der Waals surface area contributed by atoms with Crippen LogP contribution in [0, 0.1) is 5.92 Å². The van der Waals surface area contributed by atoms with Crippen LogP contribution in [0.1, 0.15) is 19.8 Å². The summed E-state index contributed by atoms with van der Waals surface area (Å²) < 4.78 is 29.0. The van der Waals surface area contributed by atoms with Gasteiger partial charge in [-0.05, 0) is 37.0 Å². The van der Waals surface area contributed by atoms with Crippen LogP contribution in [-0.4, -0.2) is 30.9 Å². The summed E-state index contributed by atoms with van der Waals surface area (Å²) in [6, 6.07) is 4.63. The molecule has 1 fully saturated rings. The Labute approximate surface area is 121 Å². The number of hydrogen-bond acceptors (Lipinski definition) is 3. The van der Waals surface area contributed by atoms with Gasteiger partial charge in [0.25, 0.3) is 0 Å². The maximum atomic E-state index is 12.2. The van der Waals surface area contributed by atoms with Gasteiger partial charge in [-0.15, -0.1) is 0 Å². The van der Waals surface area contributed by atoms with Crippen LogP contribution in [0.5, 0.6) is 5.75 Å². The smallest absolute Gasteiger partial charge is 0.301 e. The molecule has 2 rings (SSSR count). The zero-order valence-corrected chi connectivity index (χ0v) is 13.0. The molecule has 0 aliphatic carbocycles. The van der Waals surface area contributed by atoms with Gasteiger partial charge in [-0.3, -0.25) is 4.72 Å². The zero-order chi connectivity index (χ0) is 14.0. The zero-order valence-electron chi connectivity index (χ0n) is 10.6. The van der Waals surface area contributed by atoms with Gasteiger partial charge in [0.1, 0.15) is 5.75 Å². The highest BCUT2D eigenvalue weighted by Crippen LogP contribution is 2.29. The van der Waals surface area contributed by atoms with Crippen molar-refractivity contribution in [3.63, 3.8) is 0 Å². The molecule has 19 heavy (non-hydrogen) atoms. The number of hydrogen-bond donors (Lipinski definition) is 2. The summed E-state index contributed by atoms with van der Waals surface area (Å²) in [6.07, 6.45) is 1.73. The molecule has 0 saturated carbocycles. The number of halogens is 1. The number of piperidine rings is 1. The molecule has 1 heterocycles. The Morgan fingerprint density at radius 2 is 2.00 bits per heavy atom.